The second kappa shape index (κ2) is 8.11. The summed E-state index contributed by atoms with van der Waals surface area (Å²) in [5, 5.41) is 13.9. The van der Waals surface area contributed by atoms with Gasteiger partial charge in [0.05, 0.1) is 12.5 Å². The minimum Gasteiger partial charge on any atom is -0.481 e. The van der Waals surface area contributed by atoms with Gasteiger partial charge in [0.15, 0.2) is 0 Å². The number of hydrogen-bond acceptors (Lipinski definition) is 4. The Bertz CT molecular complexity index is 465. The third-order valence-electron chi connectivity index (χ3n) is 2.81. The van der Waals surface area contributed by atoms with E-state index in [-0.39, 0.29) is 19.0 Å². The molecule has 1 unspecified atom stereocenters. The fraction of sp³-hybridized carbons (Fsp3) is 0.462. The lowest BCUT2D eigenvalue weighted by Gasteiger charge is -2.14. The van der Waals surface area contributed by atoms with Crippen LogP contribution in [0.3, 0.4) is 0 Å². The lowest BCUT2D eigenvalue weighted by molar-refractivity contribution is -0.139. The monoisotopic (exact) mass is 281 g/mol. The van der Waals surface area contributed by atoms with Crippen LogP contribution in [-0.2, 0) is 16.1 Å². The number of aryl methyl sites for hydroxylation is 1. The molecule has 1 aromatic rings. The molecule has 110 valence electrons. The first kappa shape index (κ1) is 15.9. The number of amides is 2. The fourth-order valence-corrected chi connectivity index (χ4v) is 1.56. The number of methoxy groups -OCH3 is 1. The molecule has 7 heteroatoms. The maximum absolute atomic E-state index is 11.6. The largest absolute Gasteiger partial charge is 0.481 e. The smallest absolute Gasteiger partial charge is 0.315 e. The van der Waals surface area contributed by atoms with Crippen LogP contribution in [-0.4, -0.2) is 41.8 Å². The molecule has 0 aliphatic carbocycles. The molecule has 0 aliphatic heterocycles. The van der Waals surface area contributed by atoms with Crippen LogP contribution in [0.15, 0.2) is 18.5 Å². The van der Waals surface area contributed by atoms with Crippen molar-refractivity contribution in [3.05, 3.63) is 29.6 Å². The summed E-state index contributed by atoms with van der Waals surface area (Å²) in [6.45, 7) is 2.44. The second-order valence-corrected chi connectivity index (χ2v) is 4.32. The summed E-state index contributed by atoms with van der Waals surface area (Å²) in [4.78, 5) is 26.1. The molecule has 0 aliphatic rings. The summed E-state index contributed by atoms with van der Waals surface area (Å²) in [5.74, 6) is -0.968. The number of nitrogens with zero attached hydrogens (tertiary/aromatic N) is 1. The van der Waals surface area contributed by atoms with Crippen molar-refractivity contribution in [2.75, 3.05) is 13.7 Å². The van der Waals surface area contributed by atoms with Gasteiger partial charge in [0.1, 0.15) is 0 Å². The van der Waals surface area contributed by atoms with Crippen LogP contribution in [0, 0.1) is 6.92 Å². The predicted octanol–water partition coefficient (Wildman–Crippen LogP) is 0.679. The van der Waals surface area contributed by atoms with E-state index in [2.05, 4.69) is 15.6 Å². The Kier molecular flexibility index (Phi) is 6.45. The molecule has 0 spiro atoms. The lowest BCUT2D eigenvalue weighted by atomic mass is 10.2. The number of carbonyl (C=O) groups excluding carboxylic acids is 1. The van der Waals surface area contributed by atoms with Crippen LogP contribution in [0.4, 0.5) is 4.79 Å². The van der Waals surface area contributed by atoms with Crippen molar-refractivity contribution < 1.29 is 19.4 Å². The number of nitrogens with one attached hydrogen (secondary N) is 2. The van der Waals surface area contributed by atoms with Crippen LogP contribution in [0.5, 0.6) is 0 Å². The molecule has 7 nitrogen and oxygen atoms in total. The van der Waals surface area contributed by atoms with Gasteiger partial charge in [-0.2, -0.15) is 0 Å². The Morgan fingerprint density at radius 2 is 2.20 bits per heavy atom. The van der Waals surface area contributed by atoms with Crippen LogP contribution in [0.25, 0.3) is 0 Å². The Balaban J connectivity index is 2.33. The van der Waals surface area contributed by atoms with Crippen molar-refractivity contribution in [1.29, 1.82) is 0 Å². The van der Waals surface area contributed by atoms with Crippen molar-refractivity contribution in [3.63, 3.8) is 0 Å². The van der Waals surface area contributed by atoms with Gasteiger partial charge in [-0.1, -0.05) is 0 Å². The summed E-state index contributed by atoms with van der Waals surface area (Å²) in [6, 6.07) is 1.49. The van der Waals surface area contributed by atoms with Crippen molar-refractivity contribution in [3.8, 4) is 0 Å². The molecule has 0 saturated heterocycles. The highest BCUT2D eigenvalue weighted by molar-refractivity contribution is 5.74. The van der Waals surface area contributed by atoms with E-state index in [4.69, 9.17) is 9.84 Å². The molecular weight excluding hydrogens is 262 g/mol. The highest BCUT2D eigenvalue weighted by Gasteiger charge is 2.13. The van der Waals surface area contributed by atoms with Crippen LogP contribution in [0.1, 0.15) is 17.5 Å². The molecular formula is C13H19N3O4. The van der Waals surface area contributed by atoms with Crippen LogP contribution >= 0.6 is 0 Å². The number of urea groups is 1. The number of aliphatic carboxylic acids is 1. The van der Waals surface area contributed by atoms with E-state index in [1.165, 1.54) is 7.11 Å². The van der Waals surface area contributed by atoms with Gasteiger partial charge < -0.3 is 20.5 Å². The van der Waals surface area contributed by atoms with E-state index in [9.17, 15) is 9.59 Å². The minimum atomic E-state index is -0.968. The van der Waals surface area contributed by atoms with E-state index in [1.807, 2.05) is 13.0 Å². The van der Waals surface area contributed by atoms with Crippen LogP contribution < -0.4 is 10.6 Å². The SMILES string of the molecule is COC(CNC(=O)NCc1cnccc1C)CC(=O)O. The molecule has 1 heterocycles. The zero-order valence-electron chi connectivity index (χ0n) is 11.5. The minimum absolute atomic E-state index is 0.140. The van der Waals surface area contributed by atoms with E-state index >= 15 is 0 Å². The number of hydrogen-bond donors (Lipinski definition) is 3. The van der Waals surface area contributed by atoms with Crippen molar-refractivity contribution in [2.45, 2.75) is 26.0 Å². The summed E-state index contributed by atoms with van der Waals surface area (Å²) in [6.07, 6.45) is 2.68. The van der Waals surface area contributed by atoms with Gasteiger partial charge in [-0.3, -0.25) is 9.78 Å². The molecule has 1 atom stereocenters. The molecule has 0 aromatic carbocycles. The van der Waals surface area contributed by atoms with Gasteiger partial charge in [-0.05, 0) is 24.1 Å². The van der Waals surface area contributed by atoms with Gasteiger partial charge in [0.2, 0.25) is 0 Å². The summed E-state index contributed by atoms with van der Waals surface area (Å²) < 4.78 is 4.96. The molecule has 0 bridgehead atoms. The van der Waals surface area contributed by atoms with Gasteiger partial charge in [-0.15, -0.1) is 0 Å². The molecule has 0 radical (unpaired) electrons. The van der Waals surface area contributed by atoms with Crippen molar-refractivity contribution in [2.24, 2.45) is 0 Å². The first-order chi connectivity index (χ1) is 9.52. The number of aromatic nitrogens is 1. The first-order valence-electron chi connectivity index (χ1n) is 6.18. The summed E-state index contributed by atoms with van der Waals surface area (Å²) >= 11 is 0. The molecule has 1 aromatic heterocycles. The number of carboxylic acid groups (broad SMARTS) is 1. The Morgan fingerprint density at radius 3 is 2.80 bits per heavy atom. The quantitative estimate of drug-likeness (QED) is 0.682. The van der Waals surface area contributed by atoms with Gasteiger partial charge in [0.25, 0.3) is 0 Å². The Labute approximate surface area is 117 Å². The topological polar surface area (TPSA) is 101 Å². The molecule has 20 heavy (non-hydrogen) atoms. The number of rotatable bonds is 7. The molecule has 0 fully saturated rings. The molecule has 3 N–H and O–H groups in total. The predicted molar refractivity (Wildman–Crippen MR) is 72.3 cm³/mol. The van der Waals surface area contributed by atoms with Gasteiger partial charge in [-0.25, -0.2) is 4.79 Å². The molecule has 1 rings (SSSR count). The highest BCUT2D eigenvalue weighted by Crippen LogP contribution is 2.03. The van der Waals surface area contributed by atoms with E-state index in [0.717, 1.165) is 11.1 Å². The van der Waals surface area contributed by atoms with Crippen molar-refractivity contribution >= 4 is 12.0 Å². The number of carboxylic acids is 1. The second-order valence-electron chi connectivity index (χ2n) is 4.32. The number of ether oxygens (including phenoxy) is 1. The summed E-state index contributed by atoms with van der Waals surface area (Å²) in [5.41, 5.74) is 1.97. The number of pyridine rings is 1. The van der Waals surface area contributed by atoms with E-state index < -0.39 is 12.1 Å². The highest BCUT2D eigenvalue weighted by atomic mass is 16.5. The van der Waals surface area contributed by atoms with E-state index in [1.54, 1.807) is 12.4 Å². The molecule has 0 saturated carbocycles. The summed E-state index contributed by atoms with van der Waals surface area (Å²) in [7, 11) is 1.41. The normalized spacial score (nSPS) is 11.7. The lowest BCUT2D eigenvalue weighted by Crippen LogP contribution is -2.40. The average Bonchev–Trinajstić information content (AvgIpc) is 2.42. The standard InChI is InChI=1S/C13H19N3O4/c1-9-3-4-14-6-10(9)7-15-13(19)16-8-11(20-2)5-12(17)18/h3-4,6,11H,5,7-8H2,1-2H3,(H,17,18)(H2,15,16,19). The first-order valence-corrected chi connectivity index (χ1v) is 6.18. The third kappa shape index (κ3) is 5.66. The van der Waals surface area contributed by atoms with Crippen molar-refractivity contribution in [1.82, 2.24) is 15.6 Å². The number of carbonyl (C=O) groups is 2. The fourth-order valence-electron chi connectivity index (χ4n) is 1.56. The van der Waals surface area contributed by atoms with E-state index in [0.29, 0.717) is 6.54 Å². The Morgan fingerprint density at radius 1 is 1.45 bits per heavy atom. The maximum Gasteiger partial charge on any atom is 0.315 e. The zero-order valence-corrected chi connectivity index (χ0v) is 11.5. The third-order valence-corrected chi connectivity index (χ3v) is 2.81. The zero-order chi connectivity index (χ0) is 15.0. The maximum atomic E-state index is 11.6. The van der Waals surface area contributed by atoms with Gasteiger partial charge in [0, 0.05) is 32.6 Å². The van der Waals surface area contributed by atoms with Crippen LogP contribution in [0.2, 0.25) is 0 Å². The molecule has 2 amide bonds. The van der Waals surface area contributed by atoms with Gasteiger partial charge >= 0.3 is 12.0 Å². The average molecular weight is 281 g/mol. The Hall–Kier alpha value is -2.15.